The first-order valence-corrected chi connectivity index (χ1v) is 17.8. The van der Waals surface area contributed by atoms with Gasteiger partial charge in [-0.1, -0.05) is 48.5 Å². The van der Waals surface area contributed by atoms with Gasteiger partial charge in [-0.05, 0) is 119 Å². The number of nitrogens with one attached hydrogen (secondary N) is 4. The summed E-state index contributed by atoms with van der Waals surface area (Å²) in [5.74, 6) is 0. The standard InChI is InChI=1S/C48H28N8/c49-25-29-1-9-33(10-2-29)45-37-17-19-39(53-37)46(34-11-3-30(26-50)4-12-34)41-21-23-43(55-41)48(36-15-7-32(28-52)8-16-36)44-24-22-42(56-44)47(40-20-18-38(45)54-40)35-13-5-31(27-51)6-14-35/h1-24,53-56H. The van der Waals surface area contributed by atoms with Gasteiger partial charge in [-0.3, -0.25) is 0 Å². The molecular formula is C48H28N8. The molecule has 8 aromatic rings. The second-order valence-electron chi connectivity index (χ2n) is 13.4. The zero-order valence-corrected chi connectivity index (χ0v) is 29.6. The van der Waals surface area contributed by atoms with E-state index in [4.69, 9.17) is 0 Å². The second kappa shape index (κ2) is 13.8. The summed E-state index contributed by atoms with van der Waals surface area (Å²) in [6, 6.07) is 55.6. The largest absolute Gasteiger partial charge is 0.354 e. The highest BCUT2D eigenvalue weighted by Gasteiger charge is 2.18. The van der Waals surface area contributed by atoms with Gasteiger partial charge in [-0.25, -0.2) is 0 Å². The highest BCUT2D eigenvalue weighted by atomic mass is 14.8. The van der Waals surface area contributed by atoms with Crippen molar-refractivity contribution in [1.29, 1.82) is 21.0 Å². The highest BCUT2D eigenvalue weighted by Crippen LogP contribution is 2.28. The summed E-state index contributed by atoms with van der Waals surface area (Å²) in [7, 11) is 0. The SMILES string of the molecule is N#Cc1ccc(C2=c3ccc([nH]3)=C(c3ccc(C#N)cc3)c3ccc([nH]3)C(c3ccc(C#N)cc3)=c3ccc([nH]3)=C(c3ccc(C#N)cc3)c3ccc2[nH]3)cc1. The van der Waals surface area contributed by atoms with Gasteiger partial charge in [0.15, 0.2) is 0 Å². The monoisotopic (exact) mass is 716 g/mol. The molecule has 4 N–H and O–H groups in total. The third kappa shape index (κ3) is 5.89. The van der Waals surface area contributed by atoms with Gasteiger partial charge in [0.1, 0.15) is 0 Å². The molecule has 0 spiro atoms. The third-order valence-electron chi connectivity index (χ3n) is 10.1. The first-order valence-electron chi connectivity index (χ1n) is 17.8. The summed E-state index contributed by atoms with van der Waals surface area (Å²) in [4.78, 5) is 14.9. The smallest absolute Gasteiger partial charge is 0.0991 e. The van der Waals surface area contributed by atoms with Gasteiger partial charge in [-0.2, -0.15) is 21.0 Å². The fraction of sp³-hybridized carbons (Fsp3) is 0. The van der Waals surface area contributed by atoms with Crippen molar-refractivity contribution in [2.75, 3.05) is 0 Å². The molecule has 260 valence electrons. The number of rotatable bonds is 4. The zero-order valence-electron chi connectivity index (χ0n) is 29.6. The van der Waals surface area contributed by atoms with Crippen LogP contribution in [0.4, 0.5) is 0 Å². The van der Waals surface area contributed by atoms with Gasteiger partial charge in [0.05, 0.1) is 46.5 Å². The van der Waals surface area contributed by atoms with Crippen LogP contribution in [-0.4, -0.2) is 19.9 Å². The molecule has 0 unspecified atom stereocenters. The lowest BCUT2D eigenvalue weighted by Gasteiger charge is -2.10. The van der Waals surface area contributed by atoms with Gasteiger partial charge in [0, 0.05) is 66.5 Å². The molecule has 8 nitrogen and oxygen atoms in total. The Hall–Kier alpha value is -8.56. The van der Waals surface area contributed by atoms with Crippen molar-refractivity contribution in [1.82, 2.24) is 19.9 Å². The molecule has 9 rings (SSSR count). The molecule has 8 heteroatoms. The van der Waals surface area contributed by atoms with Crippen LogP contribution in [0.1, 0.15) is 67.3 Å². The molecule has 0 saturated heterocycles. The number of hydrogen-bond acceptors (Lipinski definition) is 4. The first kappa shape index (κ1) is 33.3. The van der Waals surface area contributed by atoms with E-state index in [2.05, 4.69) is 92.7 Å². The van der Waals surface area contributed by atoms with E-state index < -0.39 is 0 Å². The Balaban J connectivity index is 1.41. The van der Waals surface area contributed by atoms with Gasteiger partial charge in [-0.15, -0.1) is 0 Å². The molecule has 8 bridgehead atoms. The molecule has 4 aromatic carbocycles. The first-order chi connectivity index (χ1) is 27.5. The Kier molecular flexibility index (Phi) is 8.19. The molecule has 4 aromatic heterocycles. The average Bonchev–Trinajstić information content (AvgIpc) is 4.10. The van der Waals surface area contributed by atoms with Gasteiger partial charge in [0.25, 0.3) is 0 Å². The van der Waals surface area contributed by atoms with E-state index in [1.807, 2.05) is 97.1 Å². The predicted molar refractivity (Wildman–Crippen MR) is 213 cm³/mol. The summed E-state index contributed by atoms with van der Waals surface area (Å²) < 4.78 is 0. The van der Waals surface area contributed by atoms with E-state index in [-0.39, 0.29) is 0 Å². The minimum absolute atomic E-state index is 0.567. The molecule has 0 amide bonds. The maximum Gasteiger partial charge on any atom is 0.0991 e. The fourth-order valence-corrected chi connectivity index (χ4v) is 7.42. The van der Waals surface area contributed by atoms with Crippen molar-refractivity contribution in [2.45, 2.75) is 0 Å². The van der Waals surface area contributed by atoms with Crippen molar-refractivity contribution in [3.63, 3.8) is 0 Å². The Labute approximate surface area is 320 Å². The molecule has 0 atom stereocenters. The van der Waals surface area contributed by atoms with Gasteiger partial charge in [0.2, 0.25) is 0 Å². The van der Waals surface area contributed by atoms with Crippen LogP contribution in [0.2, 0.25) is 0 Å². The molecule has 0 fully saturated rings. The van der Waals surface area contributed by atoms with Gasteiger partial charge >= 0.3 is 0 Å². The Morgan fingerprint density at radius 1 is 0.250 bits per heavy atom. The van der Waals surface area contributed by atoms with Crippen LogP contribution in [0, 0.1) is 45.3 Å². The minimum Gasteiger partial charge on any atom is -0.354 e. The van der Waals surface area contributed by atoms with Crippen molar-refractivity contribution in [2.24, 2.45) is 0 Å². The summed E-state index contributed by atoms with van der Waals surface area (Å²) in [5, 5.41) is 41.8. The van der Waals surface area contributed by atoms with E-state index in [1.54, 1.807) is 0 Å². The molecular weight excluding hydrogens is 689 g/mol. The summed E-state index contributed by atoms with van der Waals surface area (Å²) in [5.41, 5.74) is 13.0. The number of fused-ring (bicyclic) bond motifs is 8. The predicted octanol–water partition coefficient (Wildman–Crippen LogP) is 5.79. The lowest BCUT2D eigenvalue weighted by atomic mass is 10.0. The van der Waals surface area contributed by atoms with Crippen LogP contribution >= 0.6 is 0 Å². The number of nitriles is 4. The molecule has 5 heterocycles. The second-order valence-corrected chi connectivity index (χ2v) is 13.4. The van der Waals surface area contributed by atoms with Crippen LogP contribution in [-0.2, 0) is 0 Å². The molecule has 0 aliphatic carbocycles. The molecule has 0 radical (unpaired) electrons. The number of aromatic amines is 4. The number of nitrogens with zero attached hydrogens (tertiary/aromatic N) is 4. The molecule has 56 heavy (non-hydrogen) atoms. The van der Waals surface area contributed by atoms with E-state index in [1.165, 1.54) is 0 Å². The maximum absolute atomic E-state index is 9.59. The quantitative estimate of drug-likeness (QED) is 0.182. The summed E-state index contributed by atoms with van der Waals surface area (Å²) in [6.07, 6.45) is 0. The number of aromatic nitrogens is 4. The fourth-order valence-electron chi connectivity index (χ4n) is 7.42. The van der Waals surface area contributed by atoms with Crippen LogP contribution in [0.25, 0.3) is 22.3 Å². The van der Waals surface area contributed by atoms with Crippen molar-refractivity contribution >= 4 is 22.3 Å². The van der Waals surface area contributed by atoms with Crippen LogP contribution < -0.4 is 21.4 Å². The third-order valence-corrected chi connectivity index (χ3v) is 10.1. The summed E-state index contributed by atoms with van der Waals surface area (Å²) >= 11 is 0. The van der Waals surface area contributed by atoms with Gasteiger partial charge < -0.3 is 19.9 Å². The highest BCUT2D eigenvalue weighted by molar-refractivity contribution is 5.85. The van der Waals surface area contributed by atoms with Crippen LogP contribution in [0.5, 0.6) is 0 Å². The topological polar surface area (TPSA) is 158 Å². The van der Waals surface area contributed by atoms with E-state index in [9.17, 15) is 21.0 Å². The van der Waals surface area contributed by atoms with Crippen molar-refractivity contribution < 1.29 is 0 Å². The molecule has 0 saturated carbocycles. The van der Waals surface area contributed by atoms with E-state index >= 15 is 0 Å². The van der Waals surface area contributed by atoms with Crippen LogP contribution in [0.3, 0.4) is 0 Å². The van der Waals surface area contributed by atoms with Crippen molar-refractivity contribution in [3.05, 3.63) is 234 Å². The number of H-pyrrole nitrogens is 4. The van der Waals surface area contributed by atoms with Crippen molar-refractivity contribution in [3.8, 4) is 24.3 Å². The minimum atomic E-state index is 0.567. The average molecular weight is 717 g/mol. The lowest BCUT2D eigenvalue weighted by molar-refractivity contribution is 1.19. The zero-order chi connectivity index (χ0) is 38.2. The Morgan fingerprint density at radius 2 is 0.464 bits per heavy atom. The Bertz CT molecular complexity index is 2810. The summed E-state index contributed by atoms with van der Waals surface area (Å²) in [6.45, 7) is 0. The molecule has 1 aliphatic rings. The Morgan fingerprint density at radius 3 is 0.661 bits per heavy atom. The van der Waals surface area contributed by atoms with E-state index in [0.717, 1.165) is 88.7 Å². The molecule has 1 aliphatic heterocycles. The number of benzene rings is 4. The lowest BCUT2D eigenvalue weighted by Crippen LogP contribution is -2.19. The maximum atomic E-state index is 9.59. The van der Waals surface area contributed by atoms with E-state index in [0.29, 0.717) is 22.3 Å². The number of hydrogen-bond donors (Lipinski definition) is 4. The normalized spacial score (nSPS) is 12.1. The van der Waals surface area contributed by atoms with Crippen LogP contribution in [0.15, 0.2) is 146 Å².